The van der Waals surface area contributed by atoms with Crippen LogP contribution in [0.2, 0.25) is 0 Å². The molecule has 18 heteroatoms. The number of carbonyl (C=O) groups is 5. The van der Waals surface area contributed by atoms with Gasteiger partial charge in [0.2, 0.25) is 17.7 Å². The number of nitrogens with one attached hydrogen (secondary N) is 2. The van der Waals surface area contributed by atoms with E-state index in [1.165, 1.54) is 35.3 Å². The average Bonchev–Trinajstić information content (AvgIpc) is 3.92. The highest BCUT2D eigenvalue weighted by atomic mass is 19.4. The highest BCUT2D eigenvalue weighted by molar-refractivity contribution is 5.96. The fourth-order valence-corrected chi connectivity index (χ4v) is 10.1. The zero-order valence-corrected chi connectivity index (χ0v) is 40.2. The zero-order valence-electron chi connectivity index (χ0n) is 40.2. The van der Waals surface area contributed by atoms with Gasteiger partial charge in [0.25, 0.3) is 5.91 Å². The number of hydrogen-bond acceptors (Lipinski definition) is 10. The molecule has 1 unspecified atom stereocenters. The molecule has 0 aliphatic carbocycles. The largest absolute Gasteiger partial charge is 0.508 e. The minimum atomic E-state index is -4.77. The molecule has 15 nitrogen and oxygen atoms in total. The molecule has 3 aliphatic rings. The van der Waals surface area contributed by atoms with E-state index in [9.17, 15) is 42.3 Å². The summed E-state index contributed by atoms with van der Waals surface area (Å²) in [6.07, 6.45) is -3.26. The van der Waals surface area contributed by atoms with Gasteiger partial charge in [-0.2, -0.15) is 13.2 Å². The molecule has 0 spiro atoms. The second-order valence-corrected chi connectivity index (χ2v) is 19.4. The molecule has 4 amide bonds. The van der Waals surface area contributed by atoms with Gasteiger partial charge in [-0.15, -0.1) is 0 Å². The second-order valence-electron chi connectivity index (χ2n) is 19.4. The smallest absolute Gasteiger partial charge is 0.420 e. The molecule has 3 N–H and O–H groups in total. The predicted molar refractivity (Wildman–Crippen MR) is 252 cm³/mol. The Balaban J connectivity index is 1.33. The van der Waals surface area contributed by atoms with E-state index in [1.807, 2.05) is 43.5 Å². The molecule has 2 fully saturated rings. The van der Waals surface area contributed by atoms with Crippen molar-refractivity contribution < 1.29 is 51.7 Å². The fourth-order valence-electron chi connectivity index (χ4n) is 10.1. The van der Waals surface area contributed by atoms with Crippen molar-refractivity contribution in [2.45, 2.75) is 104 Å². The number of pyridine rings is 1. The van der Waals surface area contributed by atoms with Crippen molar-refractivity contribution in [1.82, 2.24) is 35.1 Å². The molecule has 2 aromatic heterocycles. The molecule has 0 saturated carbocycles. The van der Waals surface area contributed by atoms with Gasteiger partial charge < -0.3 is 34.3 Å². The van der Waals surface area contributed by atoms with Crippen molar-refractivity contribution in [3.63, 3.8) is 0 Å². The van der Waals surface area contributed by atoms with E-state index < -0.39 is 65.4 Å². The normalized spacial score (nSPS) is 20.8. The number of benzene rings is 2. The third-order valence-corrected chi connectivity index (χ3v) is 13.4. The molecule has 2 saturated heterocycles. The number of fused-ring (bicyclic) bond motifs is 6. The summed E-state index contributed by atoms with van der Waals surface area (Å²) in [4.78, 5) is 76.5. The lowest BCUT2D eigenvalue weighted by Gasteiger charge is -2.37. The van der Waals surface area contributed by atoms with Crippen LogP contribution in [0.1, 0.15) is 76.8 Å². The number of nitrogens with zero attached hydrogens (tertiary/aromatic N) is 5. The first-order chi connectivity index (χ1) is 32.7. The summed E-state index contributed by atoms with van der Waals surface area (Å²) in [6.45, 7) is 13.9. The number of aromatic hydroxyl groups is 1. The topological polar surface area (TPSA) is 176 Å². The SMILES string of the molecule is C=CC(=O)N1CC[C@H](C(=O)N(C)C(C(=O)N[C@H]2Cc3cc(O)cc(c3)-c3ccc4c(c3)c(c(-c3cccnc3[C@@H](OC)C(F)(F)F)n4CC)CC(C)(C)COC(=O)[C@@H]3CCCN(N3)C2=O)C(C)C)C1. The van der Waals surface area contributed by atoms with E-state index in [0.717, 1.165) is 12.6 Å². The van der Waals surface area contributed by atoms with Crippen LogP contribution in [0, 0.1) is 17.3 Å². The maximum Gasteiger partial charge on any atom is 0.420 e. The Morgan fingerprint density at radius 1 is 1.10 bits per heavy atom. The number of aryl methyl sites for hydroxylation is 1. The molecule has 5 heterocycles. The highest BCUT2D eigenvalue weighted by Crippen LogP contribution is 2.45. The molecule has 6 bridgehead atoms. The summed E-state index contributed by atoms with van der Waals surface area (Å²) in [5.74, 6) is -3.41. The number of methoxy groups -OCH3 is 1. The van der Waals surface area contributed by atoms with Crippen LogP contribution in [0.3, 0.4) is 0 Å². The Hall–Kier alpha value is -6.27. The van der Waals surface area contributed by atoms with E-state index in [2.05, 4.69) is 22.3 Å². The summed E-state index contributed by atoms with van der Waals surface area (Å²) in [7, 11) is 2.53. The standard InChI is InChI=1S/C51H62F3N7O8/c1-9-41(63)59-20-17-32(27-59)47(65)58(7)43(29(3)4)46(64)56-39-23-30-21-33(24-34(62)22-30)31-15-16-40-36(25-31)37(26-50(5,6)28-69-49(67)38-14-12-19-61(57-38)48(39)66)44(60(40)10-2)35-13-11-18-55-42(35)45(68-8)51(52,53)54/h9,11,13,15-16,18,21-22,24-25,29,32,38-39,43,45,57,62H,1,10,12,14,17,19-20,23,26-28H2,2-8H3,(H,56,64)/t32-,38-,39-,43?,45+/m0/s1. The number of aromatic nitrogens is 2. The first-order valence-electron chi connectivity index (χ1n) is 23.4. The number of cyclic esters (lactones) is 1. The van der Waals surface area contributed by atoms with Crippen molar-refractivity contribution in [2.75, 3.05) is 40.4 Å². The number of rotatable bonds is 10. The van der Waals surface area contributed by atoms with Crippen LogP contribution in [0.15, 0.2) is 67.4 Å². The number of likely N-dealkylation sites (N-methyl/N-ethyl adjacent to an activating group) is 1. The summed E-state index contributed by atoms with van der Waals surface area (Å²) in [5, 5.41) is 16.3. The maximum absolute atomic E-state index is 14.7. The van der Waals surface area contributed by atoms with Crippen LogP contribution in [0.4, 0.5) is 13.2 Å². The van der Waals surface area contributed by atoms with E-state index >= 15 is 0 Å². The molecular weight excluding hydrogens is 896 g/mol. The van der Waals surface area contributed by atoms with Crippen LogP contribution >= 0.6 is 0 Å². The number of halogens is 3. The lowest BCUT2D eigenvalue weighted by Crippen LogP contribution is -2.62. The van der Waals surface area contributed by atoms with Gasteiger partial charge in [-0.05, 0) is 103 Å². The number of likely N-dealkylation sites (tertiary alicyclic amines) is 1. The fraction of sp³-hybridized carbons (Fsp3) is 0.490. The van der Waals surface area contributed by atoms with Crippen molar-refractivity contribution in [1.29, 1.82) is 0 Å². The lowest BCUT2D eigenvalue weighted by molar-refractivity contribution is -0.217. The summed E-state index contributed by atoms with van der Waals surface area (Å²) >= 11 is 0. The Morgan fingerprint density at radius 3 is 2.54 bits per heavy atom. The van der Waals surface area contributed by atoms with Gasteiger partial charge in [-0.1, -0.05) is 46.4 Å². The quantitative estimate of drug-likeness (QED) is 0.117. The second kappa shape index (κ2) is 20.4. The van der Waals surface area contributed by atoms with Crippen LogP contribution in [0.5, 0.6) is 5.75 Å². The van der Waals surface area contributed by atoms with Gasteiger partial charge in [-0.3, -0.25) is 34.0 Å². The first-order valence-corrected chi connectivity index (χ1v) is 23.4. The monoisotopic (exact) mass is 957 g/mol. The van der Waals surface area contributed by atoms with Gasteiger partial charge in [0.05, 0.1) is 23.9 Å². The highest BCUT2D eigenvalue weighted by Gasteiger charge is 2.45. The summed E-state index contributed by atoms with van der Waals surface area (Å²) < 4.78 is 56.7. The Kier molecular flexibility index (Phi) is 14.9. The van der Waals surface area contributed by atoms with Crippen molar-refractivity contribution in [2.24, 2.45) is 17.3 Å². The van der Waals surface area contributed by atoms with Crippen molar-refractivity contribution >= 4 is 40.5 Å². The summed E-state index contributed by atoms with van der Waals surface area (Å²) in [5.41, 5.74) is 5.80. The van der Waals surface area contributed by atoms with E-state index in [1.54, 1.807) is 43.0 Å². The minimum absolute atomic E-state index is 0.0834. The van der Waals surface area contributed by atoms with E-state index in [-0.39, 0.29) is 61.4 Å². The van der Waals surface area contributed by atoms with Crippen LogP contribution in [0.25, 0.3) is 33.3 Å². The van der Waals surface area contributed by atoms with Gasteiger partial charge in [0, 0.05) is 74.8 Å². The molecule has 5 atom stereocenters. The number of phenolic OH excluding ortho intramolecular Hbond substituents is 1. The Morgan fingerprint density at radius 2 is 1.86 bits per heavy atom. The molecule has 2 aromatic carbocycles. The number of amides is 4. The molecule has 69 heavy (non-hydrogen) atoms. The van der Waals surface area contributed by atoms with E-state index in [0.29, 0.717) is 65.7 Å². The Bertz CT molecular complexity index is 2630. The van der Waals surface area contributed by atoms with E-state index in [4.69, 9.17) is 9.47 Å². The van der Waals surface area contributed by atoms with Crippen LogP contribution in [-0.2, 0) is 52.8 Å². The van der Waals surface area contributed by atoms with Crippen molar-refractivity contribution in [3.05, 3.63) is 84.2 Å². The number of carbonyl (C=O) groups excluding carboxylic acids is 5. The predicted octanol–water partition coefficient (Wildman–Crippen LogP) is 6.51. The number of esters is 1. The number of phenols is 1. The third kappa shape index (κ3) is 10.7. The molecule has 3 aliphatic heterocycles. The molecule has 7 rings (SSSR count). The van der Waals surface area contributed by atoms with Gasteiger partial charge in [0.1, 0.15) is 23.9 Å². The zero-order chi connectivity index (χ0) is 50.1. The number of alkyl halides is 3. The number of ether oxygens (including phenoxy) is 2. The van der Waals surface area contributed by atoms with Gasteiger partial charge in [-0.25, -0.2) is 5.43 Å². The molecule has 4 aromatic rings. The summed E-state index contributed by atoms with van der Waals surface area (Å²) in [6, 6.07) is 10.5. The first kappa shape index (κ1) is 50.6. The molecule has 0 radical (unpaired) electrons. The van der Waals surface area contributed by atoms with Crippen LogP contribution in [-0.4, -0.2) is 124 Å². The number of hydrazine groups is 1. The van der Waals surface area contributed by atoms with Crippen molar-refractivity contribution in [3.8, 4) is 28.1 Å². The molecule has 370 valence electrons. The Labute approximate surface area is 400 Å². The minimum Gasteiger partial charge on any atom is -0.508 e. The molecular formula is C51H62F3N7O8. The third-order valence-electron chi connectivity index (χ3n) is 13.4. The lowest BCUT2D eigenvalue weighted by atomic mass is 9.84. The number of hydrogen-bond donors (Lipinski definition) is 3. The maximum atomic E-state index is 14.7. The van der Waals surface area contributed by atoms with Gasteiger partial charge >= 0.3 is 12.1 Å². The van der Waals surface area contributed by atoms with Gasteiger partial charge in [0.15, 0.2) is 6.10 Å². The van der Waals surface area contributed by atoms with Crippen LogP contribution < -0.4 is 10.7 Å². The average molecular weight is 958 g/mol.